The molecule has 0 spiro atoms. The van der Waals surface area contributed by atoms with E-state index in [0.29, 0.717) is 24.1 Å². The van der Waals surface area contributed by atoms with Gasteiger partial charge < -0.3 is 14.8 Å². The van der Waals surface area contributed by atoms with Crippen LogP contribution in [0.1, 0.15) is 24.9 Å². The molecule has 1 aliphatic rings. The van der Waals surface area contributed by atoms with Gasteiger partial charge in [0.25, 0.3) is 0 Å². The Balaban J connectivity index is 1.65. The van der Waals surface area contributed by atoms with E-state index in [1.807, 2.05) is 25.1 Å². The first-order valence-corrected chi connectivity index (χ1v) is 7.83. The van der Waals surface area contributed by atoms with E-state index in [1.54, 1.807) is 5.51 Å². The van der Waals surface area contributed by atoms with E-state index in [1.165, 1.54) is 11.3 Å². The van der Waals surface area contributed by atoms with Crippen molar-refractivity contribution in [2.75, 3.05) is 18.5 Å². The van der Waals surface area contributed by atoms with Crippen LogP contribution >= 0.6 is 11.3 Å². The first-order chi connectivity index (χ1) is 10.7. The Labute approximate surface area is 131 Å². The van der Waals surface area contributed by atoms with Crippen molar-refractivity contribution < 1.29 is 14.3 Å². The summed E-state index contributed by atoms with van der Waals surface area (Å²) >= 11 is 1.26. The molecule has 8 heteroatoms. The van der Waals surface area contributed by atoms with Crippen LogP contribution < -0.4 is 20.1 Å². The SMILES string of the molecule is C[C@@H](NC(=O)Nc1nncs1)c1ccc2c(c1)OCCCO2. The van der Waals surface area contributed by atoms with Gasteiger partial charge in [0.2, 0.25) is 5.13 Å². The van der Waals surface area contributed by atoms with E-state index in [9.17, 15) is 4.79 Å². The number of urea groups is 1. The minimum atomic E-state index is -0.323. The summed E-state index contributed by atoms with van der Waals surface area (Å²) in [6, 6.07) is 5.19. The van der Waals surface area contributed by atoms with Crippen LogP contribution in [0.15, 0.2) is 23.7 Å². The number of benzene rings is 1. The number of fused-ring (bicyclic) bond motifs is 1. The molecule has 0 bridgehead atoms. The molecule has 2 aromatic rings. The van der Waals surface area contributed by atoms with E-state index in [-0.39, 0.29) is 12.1 Å². The molecule has 3 rings (SSSR count). The highest BCUT2D eigenvalue weighted by Gasteiger charge is 2.15. The van der Waals surface area contributed by atoms with Crippen LogP contribution in [0.5, 0.6) is 11.5 Å². The van der Waals surface area contributed by atoms with Gasteiger partial charge in [-0.05, 0) is 24.6 Å². The summed E-state index contributed by atoms with van der Waals surface area (Å²) in [4.78, 5) is 11.9. The van der Waals surface area contributed by atoms with E-state index in [2.05, 4.69) is 20.8 Å². The number of ether oxygens (including phenoxy) is 2. The standard InChI is InChI=1S/C14H16N4O3S/c1-9(16-13(19)17-14-18-15-8-22-14)10-3-4-11-12(7-10)21-6-2-5-20-11/h3-4,7-9H,2,5-6H2,1H3,(H2,16,17,18,19)/t9-/m1/s1. The molecule has 22 heavy (non-hydrogen) atoms. The molecule has 0 unspecified atom stereocenters. The fourth-order valence-electron chi connectivity index (χ4n) is 2.09. The molecular weight excluding hydrogens is 304 g/mol. The lowest BCUT2D eigenvalue weighted by molar-refractivity contribution is 0.249. The van der Waals surface area contributed by atoms with Crippen LogP contribution in [0.2, 0.25) is 0 Å². The zero-order valence-electron chi connectivity index (χ0n) is 12.0. The zero-order chi connectivity index (χ0) is 15.4. The van der Waals surface area contributed by atoms with E-state index in [4.69, 9.17) is 9.47 Å². The number of nitrogens with one attached hydrogen (secondary N) is 2. The first-order valence-electron chi connectivity index (χ1n) is 6.95. The van der Waals surface area contributed by atoms with Crippen molar-refractivity contribution in [3.63, 3.8) is 0 Å². The summed E-state index contributed by atoms with van der Waals surface area (Å²) < 4.78 is 11.3. The number of aromatic nitrogens is 2. The lowest BCUT2D eigenvalue weighted by atomic mass is 10.1. The maximum atomic E-state index is 11.9. The molecule has 0 radical (unpaired) electrons. The van der Waals surface area contributed by atoms with Crippen molar-refractivity contribution in [2.24, 2.45) is 0 Å². The molecule has 2 heterocycles. The van der Waals surface area contributed by atoms with Crippen molar-refractivity contribution >= 4 is 22.5 Å². The predicted octanol–water partition coefficient (Wildman–Crippen LogP) is 2.58. The number of rotatable bonds is 3. The molecule has 1 aliphatic heterocycles. The summed E-state index contributed by atoms with van der Waals surface area (Å²) in [5.41, 5.74) is 2.50. The van der Waals surface area contributed by atoms with Crippen LogP contribution in [-0.2, 0) is 0 Å². The Morgan fingerprint density at radius 1 is 1.32 bits per heavy atom. The molecule has 0 aliphatic carbocycles. The van der Waals surface area contributed by atoms with Gasteiger partial charge in [0.05, 0.1) is 19.3 Å². The molecule has 0 saturated heterocycles. The monoisotopic (exact) mass is 320 g/mol. The number of amides is 2. The Hall–Kier alpha value is -2.35. The van der Waals surface area contributed by atoms with Crippen molar-refractivity contribution in [2.45, 2.75) is 19.4 Å². The summed E-state index contributed by atoms with van der Waals surface area (Å²) in [6.07, 6.45) is 0.863. The number of carbonyl (C=O) groups excluding carboxylic acids is 1. The quantitative estimate of drug-likeness (QED) is 0.908. The van der Waals surface area contributed by atoms with Gasteiger partial charge in [-0.25, -0.2) is 4.79 Å². The summed E-state index contributed by atoms with van der Waals surface area (Å²) in [5.74, 6) is 1.46. The topological polar surface area (TPSA) is 85.4 Å². The lowest BCUT2D eigenvalue weighted by Crippen LogP contribution is -2.31. The van der Waals surface area contributed by atoms with Crippen molar-refractivity contribution in [1.82, 2.24) is 15.5 Å². The van der Waals surface area contributed by atoms with Crippen LogP contribution in [-0.4, -0.2) is 29.4 Å². The van der Waals surface area contributed by atoms with E-state index < -0.39 is 0 Å². The summed E-state index contributed by atoms with van der Waals surface area (Å²) in [7, 11) is 0. The Bertz CT molecular complexity index is 648. The molecule has 116 valence electrons. The predicted molar refractivity (Wildman–Crippen MR) is 82.5 cm³/mol. The molecule has 2 amide bonds. The number of anilines is 1. The van der Waals surface area contributed by atoms with E-state index >= 15 is 0 Å². The minimum absolute atomic E-state index is 0.176. The fourth-order valence-corrected chi connectivity index (χ4v) is 2.53. The largest absolute Gasteiger partial charge is 0.490 e. The maximum Gasteiger partial charge on any atom is 0.321 e. The van der Waals surface area contributed by atoms with Crippen LogP contribution in [0.4, 0.5) is 9.93 Å². The van der Waals surface area contributed by atoms with Gasteiger partial charge >= 0.3 is 6.03 Å². The third-order valence-electron chi connectivity index (χ3n) is 3.20. The van der Waals surface area contributed by atoms with Gasteiger partial charge in [0.15, 0.2) is 11.5 Å². The third kappa shape index (κ3) is 3.45. The van der Waals surface area contributed by atoms with Crippen molar-refractivity contribution in [3.8, 4) is 11.5 Å². The van der Waals surface area contributed by atoms with Gasteiger partial charge in [0, 0.05) is 6.42 Å². The average Bonchev–Trinajstić information content (AvgIpc) is 2.89. The molecular formula is C14H16N4O3S. The zero-order valence-corrected chi connectivity index (χ0v) is 12.9. The Kier molecular flexibility index (Phi) is 4.38. The molecule has 1 aromatic heterocycles. The number of nitrogens with zero attached hydrogens (tertiary/aromatic N) is 2. The molecule has 1 atom stereocenters. The normalized spacial score (nSPS) is 14.8. The third-order valence-corrected chi connectivity index (χ3v) is 3.81. The second kappa shape index (κ2) is 6.61. The lowest BCUT2D eigenvalue weighted by Gasteiger charge is -2.16. The molecule has 7 nitrogen and oxygen atoms in total. The van der Waals surface area contributed by atoms with Crippen LogP contribution in [0.3, 0.4) is 0 Å². The molecule has 2 N–H and O–H groups in total. The Morgan fingerprint density at radius 3 is 2.91 bits per heavy atom. The number of carbonyl (C=O) groups is 1. The highest BCUT2D eigenvalue weighted by molar-refractivity contribution is 7.13. The van der Waals surface area contributed by atoms with Gasteiger partial charge in [0.1, 0.15) is 5.51 Å². The smallest absolute Gasteiger partial charge is 0.321 e. The fraction of sp³-hybridized carbons (Fsp3) is 0.357. The molecule has 0 fully saturated rings. The summed E-state index contributed by atoms with van der Waals surface area (Å²) in [6.45, 7) is 3.19. The first kappa shape index (κ1) is 14.6. The van der Waals surface area contributed by atoms with Gasteiger partial charge in [-0.1, -0.05) is 17.4 Å². The van der Waals surface area contributed by atoms with Gasteiger partial charge in [-0.2, -0.15) is 0 Å². The summed E-state index contributed by atoms with van der Waals surface area (Å²) in [5, 5.41) is 13.4. The Morgan fingerprint density at radius 2 is 2.14 bits per heavy atom. The highest BCUT2D eigenvalue weighted by atomic mass is 32.1. The number of hydrogen-bond acceptors (Lipinski definition) is 6. The molecule has 0 saturated carbocycles. The van der Waals surface area contributed by atoms with Gasteiger partial charge in [-0.3, -0.25) is 5.32 Å². The van der Waals surface area contributed by atoms with Crippen LogP contribution in [0.25, 0.3) is 0 Å². The second-order valence-electron chi connectivity index (χ2n) is 4.82. The highest BCUT2D eigenvalue weighted by Crippen LogP contribution is 2.32. The maximum absolute atomic E-state index is 11.9. The minimum Gasteiger partial charge on any atom is -0.490 e. The number of hydrogen-bond donors (Lipinski definition) is 2. The second-order valence-corrected chi connectivity index (χ2v) is 5.65. The van der Waals surface area contributed by atoms with Crippen molar-refractivity contribution in [3.05, 3.63) is 29.3 Å². The van der Waals surface area contributed by atoms with Crippen LogP contribution in [0, 0.1) is 0 Å². The molecule has 1 aromatic carbocycles. The van der Waals surface area contributed by atoms with Gasteiger partial charge in [-0.15, -0.1) is 10.2 Å². The average molecular weight is 320 g/mol. The van der Waals surface area contributed by atoms with Crippen molar-refractivity contribution in [1.29, 1.82) is 0 Å². The van der Waals surface area contributed by atoms with E-state index in [0.717, 1.165) is 17.7 Å².